The summed E-state index contributed by atoms with van der Waals surface area (Å²) in [5, 5.41) is 10.6. The number of guanidine groups is 1. The van der Waals surface area contributed by atoms with Gasteiger partial charge in [0.15, 0.2) is 5.96 Å². The lowest BCUT2D eigenvalue weighted by molar-refractivity contribution is 0.412. The molecule has 0 bridgehead atoms. The Morgan fingerprint density at radius 2 is 1.63 bits per heavy atom. The van der Waals surface area contributed by atoms with Crippen molar-refractivity contribution in [3.05, 3.63) is 89.8 Å². The molecule has 0 unspecified atom stereocenters. The number of nitrogens with one attached hydrogen (secondary N) is 2. The van der Waals surface area contributed by atoms with Crippen LogP contribution >= 0.6 is 0 Å². The fraction of sp³-hybridized carbons (Fsp3) is 0.273. The predicted molar refractivity (Wildman–Crippen MR) is 109 cm³/mol. The van der Waals surface area contributed by atoms with E-state index in [2.05, 4.69) is 88.4 Å². The van der Waals surface area contributed by atoms with E-state index in [1.54, 1.807) is 6.26 Å². The minimum Gasteiger partial charge on any atom is -0.364 e. The molecule has 0 saturated heterocycles. The fourth-order valence-corrected chi connectivity index (χ4v) is 3.05. The van der Waals surface area contributed by atoms with E-state index in [9.17, 15) is 0 Å². The zero-order chi connectivity index (χ0) is 18.7. The van der Waals surface area contributed by atoms with Crippen molar-refractivity contribution in [2.45, 2.75) is 25.8 Å². The van der Waals surface area contributed by atoms with Crippen LogP contribution in [0.15, 0.2) is 82.5 Å². The molecule has 0 aliphatic carbocycles. The summed E-state index contributed by atoms with van der Waals surface area (Å²) < 4.78 is 4.86. The Kier molecular flexibility index (Phi) is 7.04. The maximum absolute atomic E-state index is 4.86. The lowest BCUT2D eigenvalue weighted by Gasteiger charge is -2.19. The molecule has 1 heterocycles. The van der Waals surface area contributed by atoms with Crippen LogP contribution < -0.4 is 10.6 Å². The number of hydrogen-bond acceptors (Lipinski definition) is 3. The summed E-state index contributed by atoms with van der Waals surface area (Å²) >= 11 is 0. The molecule has 0 fully saturated rings. The summed E-state index contributed by atoms with van der Waals surface area (Å²) in [5.74, 6) is 1.14. The van der Waals surface area contributed by atoms with E-state index in [-0.39, 0.29) is 0 Å². The van der Waals surface area contributed by atoms with Gasteiger partial charge in [-0.2, -0.15) is 0 Å². The summed E-state index contributed by atoms with van der Waals surface area (Å²) in [7, 11) is 0. The van der Waals surface area contributed by atoms with Crippen LogP contribution in [0.5, 0.6) is 0 Å². The zero-order valence-corrected chi connectivity index (χ0v) is 15.6. The predicted octanol–water partition coefficient (Wildman–Crippen LogP) is 3.95. The van der Waals surface area contributed by atoms with E-state index >= 15 is 0 Å². The average Bonchev–Trinajstić information content (AvgIpc) is 3.24. The number of benzene rings is 2. The molecule has 3 aromatic rings. The molecule has 0 amide bonds. The van der Waals surface area contributed by atoms with Crippen LogP contribution in [0.3, 0.4) is 0 Å². The van der Waals surface area contributed by atoms with Gasteiger partial charge >= 0.3 is 0 Å². The van der Waals surface area contributed by atoms with Crippen molar-refractivity contribution >= 4 is 5.96 Å². The van der Waals surface area contributed by atoms with Gasteiger partial charge in [0.2, 0.25) is 0 Å². The van der Waals surface area contributed by atoms with Gasteiger partial charge in [0.1, 0.15) is 12.0 Å². The summed E-state index contributed by atoms with van der Waals surface area (Å²) in [5.41, 5.74) is 3.48. The van der Waals surface area contributed by atoms with E-state index < -0.39 is 0 Å². The van der Waals surface area contributed by atoms with Gasteiger partial charge in [0.25, 0.3) is 0 Å². The van der Waals surface area contributed by atoms with E-state index in [0.29, 0.717) is 12.5 Å². The molecule has 0 aliphatic rings. The summed E-state index contributed by atoms with van der Waals surface area (Å²) in [6.07, 6.45) is 2.54. The van der Waals surface area contributed by atoms with Gasteiger partial charge in [-0.05, 0) is 24.5 Å². The Morgan fingerprint density at radius 1 is 0.963 bits per heavy atom. The first kappa shape index (κ1) is 18.7. The second kappa shape index (κ2) is 10.2. The van der Waals surface area contributed by atoms with Crippen LogP contribution in [0.4, 0.5) is 0 Å². The molecule has 27 heavy (non-hydrogen) atoms. The van der Waals surface area contributed by atoms with E-state index in [1.165, 1.54) is 11.1 Å². The Hall–Kier alpha value is -3.08. The van der Waals surface area contributed by atoms with E-state index in [1.807, 2.05) is 6.07 Å². The monoisotopic (exact) mass is 362 g/mol. The average molecular weight is 362 g/mol. The van der Waals surface area contributed by atoms with Crippen LogP contribution in [0.1, 0.15) is 36.1 Å². The standard InChI is InChI=1S/C22H26N4O/c1-2-23-22(25-17-20-14-16-27-26-20)24-15-13-21(18-9-5-3-6-10-18)19-11-7-4-8-12-19/h3-12,14,16,21H,2,13,15,17H2,1H3,(H2,23,24,25). The van der Waals surface area contributed by atoms with Crippen molar-refractivity contribution in [3.8, 4) is 0 Å². The van der Waals surface area contributed by atoms with Crippen molar-refractivity contribution in [2.75, 3.05) is 13.1 Å². The van der Waals surface area contributed by atoms with E-state index in [4.69, 9.17) is 4.52 Å². The number of hydrogen-bond donors (Lipinski definition) is 2. The number of aliphatic imine (C=N–C) groups is 1. The lowest BCUT2D eigenvalue weighted by atomic mass is 9.88. The van der Waals surface area contributed by atoms with Crippen molar-refractivity contribution in [3.63, 3.8) is 0 Å². The minimum absolute atomic E-state index is 0.346. The minimum atomic E-state index is 0.346. The first-order valence-electron chi connectivity index (χ1n) is 9.38. The number of rotatable bonds is 8. The smallest absolute Gasteiger partial charge is 0.191 e. The van der Waals surface area contributed by atoms with Crippen LogP contribution in [-0.2, 0) is 6.54 Å². The quantitative estimate of drug-likeness (QED) is 0.470. The number of aromatic nitrogens is 1. The first-order valence-corrected chi connectivity index (χ1v) is 9.38. The molecular weight excluding hydrogens is 336 g/mol. The van der Waals surface area contributed by atoms with E-state index in [0.717, 1.165) is 31.2 Å². The molecule has 0 saturated carbocycles. The summed E-state index contributed by atoms with van der Waals surface area (Å²) in [6.45, 7) is 4.18. The largest absolute Gasteiger partial charge is 0.364 e. The van der Waals surface area contributed by atoms with Gasteiger partial charge in [0.05, 0.1) is 6.54 Å². The molecule has 0 spiro atoms. The summed E-state index contributed by atoms with van der Waals surface area (Å²) in [4.78, 5) is 4.57. The Labute approximate surface area is 160 Å². The molecule has 1 aromatic heterocycles. The molecular formula is C22H26N4O. The van der Waals surface area contributed by atoms with Gasteiger partial charge < -0.3 is 15.2 Å². The van der Waals surface area contributed by atoms with Gasteiger partial charge in [-0.3, -0.25) is 0 Å². The molecule has 5 heteroatoms. The van der Waals surface area contributed by atoms with Gasteiger partial charge in [-0.15, -0.1) is 0 Å². The maximum Gasteiger partial charge on any atom is 0.191 e. The third-order valence-corrected chi connectivity index (χ3v) is 4.36. The third-order valence-electron chi connectivity index (χ3n) is 4.36. The molecule has 2 aromatic carbocycles. The van der Waals surface area contributed by atoms with Gasteiger partial charge in [-0.1, -0.05) is 65.8 Å². The maximum atomic E-state index is 4.86. The Balaban J connectivity index is 1.64. The highest BCUT2D eigenvalue weighted by Gasteiger charge is 2.13. The van der Waals surface area contributed by atoms with Gasteiger partial charge in [0, 0.05) is 25.1 Å². The second-order valence-corrected chi connectivity index (χ2v) is 6.28. The van der Waals surface area contributed by atoms with Crippen molar-refractivity contribution in [1.82, 2.24) is 15.8 Å². The number of nitrogens with zero attached hydrogens (tertiary/aromatic N) is 2. The molecule has 5 nitrogen and oxygen atoms in total. The first-order chi connectivity index (χ1) is 13.4. The topological polar surface area (TPSA) is 62.5 Å². The van der Waals surface area contributed by atoms with Gasteiger partial charge in [-0.25, -0.2) is 4.99 Å². The van der Waals surface area contributed by atoms with Crippen molar-refractivity contribution in [1.29, 1.82) is 0 Å². The normalized spacial score (nSPS) is 11.6. The van der Waals surface area contributed by atoms with Crippen LogP contribution in [0, 0.1) is 0 Å². The fourth-order valence-electron chi connectivity index (χ4n) is 3.05. The Morgan fingerprint density at radius 3 is 2.19 bits per heavy atom. The molecule has 0 radical (unpaired) electrons. The Bertz CT molecular complexity index is 761. The van der Waals surface area contributed by atoms with Crippen molar-refractivity contribution < 1.29 is 4.52 Å². The highest BCUT2D eigenvalue weighted by molar-refractivity contribution is 5.79. The lowest BCUT2D eigenvalue weighted by Crippen LogP contribution is -2.38. The van der Waals surface area contributed by atoms with Crippen LogP contribution in [0.2, 0.25) is 0 Å². The highest BCUT2D eigenvalue weighted by Crippen LogP contribution is 2.27. The van der Waals surface area contributed by atoms with Crippen LogP contribution in [-0.4, -0.2) is 24.2 Å². The molecule has 0 atom stereocenters. The molecule has 2 N–H and O–H groups in total. The second-order valence-electron chi connectivity index (χ2n) is 6.28. The molecule has 0 aliphatic heterocycles. The molecule has 140 valence electrons. The zero-order valence-electron chi connectivity index (χ0n) is 15.6. The highest BCUT2D eigenvalue weighted by atomic mass is 16.5. The SMILES string of the molecule is CCNC(=NCc1ccon1)NCCC(c1ccccc1)c1ccccc1. The van der Waals surface area contributed by atoms with Crippen LogP contribution in [0.25, 0.3) is 0 Å². The molecule has 3 rings (SSSR count). The van der Waals surface area contributed by atoms with Crippen molar-refractivity contribution in [2.24, 2.45) is 4.99 Å². The third kappa shape index (κ3) is 5.71. The summed E-state index contributed by atoms with van der Waals surface area (Å²) in [6, 6.07) is 23.1.